The number of benzene rings is 1. The molecule has 2 nitrogen and oxygen atoms in total. The monoisotopic (exact) mass is 256 g/mol. The van der Waals surface area contributed by atoms with E-state index in [-0.39, 0.29) is 0 Å². The minimum atomic E-state index is 0.730. The Morgan fingerprint density at radius 3 is 2.63 bits per heavy atom. The predicted octanol–water partition coefficient (Wildman–Crippen LogP) is 4.64. The zero-order valence-electron chi connectivity index (χ0n) is 11.7. The summed E-state index contributed by atoms with van der Waals surface area (Å²) >= 11 is 0. The fourth-order valence-corrected chi connectivity index (χ4v) is 2.29. The van der Waals surface area contributed by atoms with Crippen LogP contribution >= 0.6 is 0 Å². The molecular formula is C17H24N2. The number of nitrogens with one attached hydrogen (secondary N) is 2. The van der Waals surface area contributed by atoms with E-state index < -0.39 is 0 Å². The van der Waals surface area contributed by atoms with Crippen LogP contribution in [0.5, 0.6) is 0 Å². The molecule has 19 heavy (non-hydrogen) atoms. The molecule has 0 heterocycles. The zero-order chi connectivity index (χ0) is 13.3. The molecule has 0 aromatic heterocycles. The fourth-order valence-electron chi connectivity index (χ4n) is 2.29. The van der Waals surface area contributed by atoms with Gasteiger partial charge in [0.05, 0.1) is 5.69 Å². The lowest BCUT2D eigenvalue weighted by atomic mass is 9.94. The standard InChI is InChI=1S/C17H24N2/c1-2-3-5-8-15-11-13-17(14-12-15)19-18-16-9-6-4-7-10-16/h4,6-7,9-11,13-15,18-19H,2-3,5,8,12H2,1H3. The lowest BCUT2D eigenvalue weighted by Gasteiger charge is -2.18. The number of unbranched alkanes of at least 4 members (excludes halogenated alkanes) is 2. The van der Waals surface area contributed by atoms with Crippen LogP contribution in [-0.4, -0.2) is 0 Å². The van der Waals surface area contributed by atoms with Crippen molar-refractivity contribution in [2.24, 2.45) is 5.92 Å². The molecule has 1 aromatic carbocycles. The number of rotatable bonds is 7. The van der Waals surface area contributed by atoms with Crippen LogP contribution in [0.25, 0.3) is 0 Å². The molecule has 2 rings (SSSR count). The van der Waals surface area contributed by atoms with E-state index in [1.54, 1.807) is 0 Å². The summed E-state index contributed by atoms with van der Waals surface area (Å²) in [5.74, 6) is 0.730. The van der Waals surface area contributed by atoms with Gasteiger partial charge in [-0.3, -0.25) is 0 Å². The minimum absolute atomic E-state index is 0.730. The Balaban J connectivity index is 1.71. The topological polar surface area (TPSA) is 24.1 Å². The van der Waals surface area contributed by atoms with Crippen LogP contribution in [-0.2, 0) is 0 Å². The third-order valence-electron chi connectivity index (χ3n) is 3.49. The predicted molar refractivity (Wildman–Crippen MR) is 82.7 cm³/mol. The smallest absolute Gasteiger partial charge is 0.0539 e. The van der Waals surface area contributed by atoms with Gasteiger partial charge in [-0.1, -0.05) is 56.5 Å². The summed E-state index contributed by atoms with van der Waals surface area (Å²) in [6, 6.07) is 10.2. The van der Waals surface area contributed by atoms with Crippen molar-refractivity contribution in [3.63, 3.8) is 0 Å². The van der Waals surface area contributed by atoms with Crippen molar-refractivity contribution in [2.75, 3.05) is 5.43 Å². The molecule has 2 heteroatoms. The molecule has 0 aliphatic heterocycles. The lowest BCUT2D eigenvalue weighted by molar-refractivity contribution is 0.538. The Labute approximate surface area is 116 Å². The van der Waals surface area contributed by atoms with Crippen molar-refractivity contribution < 1.29 is 0 Å². The molecule has 0 saturated carbocycles. The molecule has 2 N–H and O–H groups in total. The molecule has 0 saturated heterocycles. The third kappa shape index (κ3) is 4.82. The van der Waals surface area contributed by atoms with Crippen molar-refractivity contribution in [3.8, 4) is 0 Å². The number of anilines is 1. The van der Waals surface area contributed by atoms with E-state index in [9.17, 15) is 0 Å². The van der Waals surface area contributed by atoms with Crippen molar-refractivity contribution in [1.82, 2.24) is 5.43 Å². The van der Waals surface area contributed by atoms with Gasteiger partial charge in [-0.05, 0) is 37.0 Å². The Hall–Kier alpha value is -1.70. The largest absolute Gasteiger partial charge is 0.301 e. The van der Waals surface area contributed by atoms with Crippen LogP contribution in [0, 0.1) is 5.92 Å². The van der Waals surface area contributed by atoms with Gasteiger partial charge in [0, 0.05) is 5.70 Å². The molecule has 1 aliphatic carbocycles. The first-order valence-electron chi connectivity index (χ1n) is 7.34. The van der Waals surface area contributed by atoms with Gasteiger partial charge < -0.3 is 10.9 Å². The van der Waals surface area contributed by atoms with Gasteiger partial charge in [0.25, 0.3) is 0 Å². The number of para-hydroxylation sites is 1. The maximum Gasteiger partial charge on any atom is 0.0539 e. The van der Waals surface area contributed by atoms with E-state index in [1.165, 1.54) is 25.7 Å². The van der Waals surface area contributed by atoms with Gasteiger partial charge in [-0.2, -0.15) is 0 Å². The molecule has 1 atom stereocenters. The first-order valence-corrected chi connectivity index (χ1v) is 7.34. The van der Waals surface area contributed by atoms with Gasteiger partial charge in [0.15, 0.2) is 0 Å². The molecule has 1 aliphatic rings. The quantitative estimate of drug-likeness (QED) is 0.548. The summed E-state index contributed by atoms with van der Waals surface area (Å²) in [6.45, 7) is 2.26. The van der Waals surface area contributed by atoms with Crippen LogP contribution in [0.15, 0.2) is 54.3 Å². The molecule has 1 aromatic rings. The maximum absolute atomic E-state index is 3.25. The van der Waals surface area contributed by atoms with E-state index in [0.29, 0.717) is 0 Å². The zero-order valence-corrected chi connectivity index (χ0v) is 11.7. The highest BCUT2D eigenvalue weighted by Gasteiger charge is 2.08. The summed E-state index contributed by atoms with van der Waals surface area (Å²) in [6.07, 6.45) is 13.3. The highest BCUT2D eigenvalue weighted by molar-refractivity contribution is 5.42. The minimum Gasteiger partial charge on any atom is -0.301 e. The average Bonchev–Trinajstić information content (AvgIpc) is 2.48. The van der Waals surface area contributed by atoms with Crippen LogP contribution in [0.4, 0.5) is 5.69 Å². The van der Waals surface area contributed by atoms with Gasteiger partial charge >= 0.3 is 0 Å². The van der Waals surface area contributed by atoms with Gasteiger partial charge in [0.1, 0.15) is 0 Å². The molecule has 0 amide bonds. The SMILES string of the molecule is CCCCCC1C=CC(NNc2ccccc2)=CC1. The third-order valence-corrected chi connectivity index (χ3v) is 3.49. The van der Waals surface area contributed by atoms with Crippen LogP contribution < -0.4 is 10.9 Å². The summed E-state index contributed by atoms with van der Waals surface area (Å²) in [4.78, 5) is 0. The summed E-state index contributed by atoms with van der Waals surface area (Å²) in [5.41, 5.74) is 8.71. The van der Waals surface area contributed by atoms with E-state index in [2.05, 4.69) is 36.0 Å². The Kier molecular flexibility index (Phi) is 5.54. The number of hydrazine groups is 1. The van der Waals surface area contributed by atoms with Crippen molar-refractivity contribution in [1.29, 1.82) is 0 Å². The molecule has 0 bridgehead atoms. The highest BCUT2D eigenvalue weighted by atomic mass is 15.4. The van der Waals surface area contributed by atoms with Gasteiger partial charge in [-0.15, -0.1) is 0 Å². The number of hydrogen-bond donors (Lipinski definition) is 2. The second kappa shape index (κ2) is 7.67. The van der Waals surface area contributed by atoms with Crippen molar-refractivity contribution >= 4 is 5.69 Å². The van der Waals surface area contributed by atoms with Crippen LogP contribution in [0.3, 0.4) is 0 Å². The molecule has 0 spiro atoms. The number of hydrogen-bond acceptors (Lipinski definition) is 2. The molecule has 102 valence electrons. The Morgan fingerprint density at radius 2 is 1.95 bits per heavy atom. The molecule has 0 fully saturated rings. The van der Waals surface area contributed by atoms with E-state index >= 15 is 0 Å². The van der Waals surface area contributed by atoms with Crippen LogP contribution in [0.2, 0.25) is 0 Å². The lowest BCUT2D eigenvalue weighted by Crippen LogP contribution is -2.21. The Bertz CT molecular complexity index is 420. The highest BCUT2D eigenvalue weighted by Crippen LogP contribution is 2.21. The van der Waals surface area contributed by atoms with E-state index in [4.69, 9.17) is 0 Å². The Morgan fingerprint density at radius 1 is 1.11 bits per heavy atom. The second-order valence-corrected chi connectivity index (χ2v) is 5.13. The van der Waals surface area contributed by atoms with E-state index in [1.807, 2.05) is 30.3 Å². The van der Waals surface area contributed by atoms with Gasteiger partial charge in [-0.25, -0.2) is 0 Å². The van der Waals surface area contributed by atoms with E-state index in [0.717, 1.165) is 23.7 Å². The molecule has 1 unspecified atom stereocenters. The normalized spacial score (nSPS) is 17.9. The molecular weight excluding hydrogens is 232 g/mol. The van der Waals surface area contributed by atoms with Gasteiger partial charge in [0.2, 0.25) is 0 Å². The summed E-state index contributed by atoms with van der Waals surface area (Å²) in [5, 5.41) is 0. The first kappa shape index (κ1) is 13.7. The van der Waals surface area contributed by atoms with Crippen molar-refractivity contribution in [3.05, 3.63) is 54.3 Å². The first-order chi connectivity index (χ1) is 9.38. The van der Waals surface area contributed by atoms with Crippen LogP contribution in [0.1, 0.15) is 39.0 Å². The second-order valence-electron chi connectivity index (χ2n) is 5.13. The molecule has 0 radical (unpaired) electrons. The fraction of sp³-hybridized carbons (Fsp3) is 0.412. The average molecular weight is 256 g/mol. The maximum atomic E-state index is 3.25. The summed E-state index contributed by atoms with van der Waals surface area (Å²) in [7, 11) is 0. The number of allylic oxidation sites excluding steroid dienone is 3. The van der Waals surface area contributed by atoms with Crippen molar-refractivity contribution in [2.45, 2.75) is 39.0 Å². The summed E-state index contributed by atoms with van der Waals surface area (Å²) < 4.78 is 0.